The summed E-state index contributed by atoms with van der Waals surface area (Å²) in [6.45, 7) is 1.87. The Bertz CT molecular complexity index is 420. The Kier molecular flexibility index (Phi) is 3.18. The lowest BCUT2D eigenvalue weighted by Gasteiger charge is -2.05. The second-order valence-electron chi connectivity index (χ2n) is 4.35. The zero-order valence-electron chi connectivity index (χ0n) is 9.53. The number of hydrogen-bond donors (Lipinski definition) is 0. The van der Waals surface area contributed by atoms with E-state index in [9.17, 15) is 9.59 Å². The maximum atomic E-state index is 12.0. The predicted octanol–water partition coefficient (Wildman–Crippen LogP) is 2.80. The van der Waals surface area contributed by atoms with Crippen LogP contribution in [0.1, 0.15) is 42.1 Å². The van der Waals surface area contributed by atoms with Gasteiger partial charge in [-0.3, -0.25) is 9.59 Å². The minimum atomic E-state index is 0.0351. The van der Waals surface area contributed by atoms with E-state index in [4.69, 9.17) is 0 Å². The molecule has 16 heavy (non-hydrogen) atoms. The highest BCUT2D eigenvalue weighted by molar-refractivity contribution is 6.02. The molecule has 0 saturated carbocycles. The quantitative estimate of drug-likeness (QED) is 0.775. The minimum absolute atomic E-state index is 0.0351. The lowest BCUT2D eigenvalue weighted by atomic mass is 9.97. The average Bonchev–Trinajstić information content (AvgIpc) is 2.64. The maximum Gasteiger partial charge on any atom is 0.166 e. The zero-order valence-corrected chi connectivity index (χ0v) is 9.53. The van der Waals surface area contributed by atoms with Gasteiger partial charge < -0.3 is 0 Å². The van der Waals surface area contributed by atoms with Crippen molar-refractivity contribution in [3.8, 4) is 0 Å². The molecular formula is C14H16O2. The number of rotatable bonds is 4. The van der Waals surface area contributed by atoms with Gasteiger partial charge in [-0.25, -0.2) is 0 Å². The summed E-state index contributed by atoms with van der Waals surface area (Å²) in [5.41, 5.74) is 2.00. The van der Waals surface area contributed by atoms with E-state index in [-0.39, 0.29) is 17.5 Å². The van der Waals surface area contributed by atoms with E-state index in [1.54, 1.807) is 0 Å². The molecule has 1 aromatic rings. The van der Waals surface area contributed by atoms with Gasteiger partial charge in [0.15, 0.2) is 5.78 Å². The maximum absolute atomic E-state index is 12.0. The monoisotopic (exact) mass is 216 g/mol. The Morgan fingerprint density at radius 3 is 2.81 bits per heavy atom. The second-order valence-corrected chi connectivity index (χ2v) is 4.35. The Morgan fingerprint density at radius 1 is 1.38 bits per heavy atom. The van der Waals surface area contributed by atoms with E-state index >= 15 is 0 Å². The number of fused-ring (bicyclic) bond motifs is 1. The predicted molar refractivity (Wildman–Crippen MR) is 62.5 cm³/mol. The molecule has 1 atom stereocenters. The van der Waals surface area contributed by atoms with Crippen molar-refractivity contribution in [1.82, 2.24) is 0 Å². The summed E-state index contributed by atoms with van der Waals surface area (Å²) in [4.78, 5) is 23.2. The molecule has 0 bridgehead atoms. The lowest BCUT2D eigenvalue weighted by molar-refractivity contribution is -0.118. The van der Waals surface area contributed by atoms with Crippen LogP contribution in [-0.4, -0.2) is 11.6 Å². The molecular weight excluding hydrogens is 200 g/mol. The van der Waals surface area contributed by atoms with Gasteiger partial charge in [-0.1, -0.05) is 31.2 Å². The standard InChI is InChI=1S/C14H16O2/c1-2-12(15)8-7-11-9-10-5-3-4-6-13(10)14(11)16/h3-6,11H,2,7-9H2,1H3. The van der Waals surface area contributed by atoms with Gasteiger partial charge in [-0.2, -0.15) is 0 Å². The molecule has 84 valence electrons. The molecule has 0 saturated heterocycles. The van der Waals surface area contributed by atoms with Crippen molar-refractivity contribution >= 4 is 11.6 Å². The fourth-order valence-corrected chi connectivity index (χ4v) is 2.26. The molecule has 0 amide bonds. The van der Waals surface area contributed by atoms with Crippen molar-refractivity contribution in [2.24, 2.45) is 5.92 Å². The van der Waals surface area contributed by atoms with E-state index in [1.165, 1.54) is 0 Å². The van der Waals surface area contributed by atoms with Crippen LogP contribution in [0.15, 0.2) is 24.3 Å². The molecule has 1 aliphatic carbocycles. The van der Waals surface area contributed by atoms with Crippen molar-refractivity contribution in [1.29, 1.82) is 0 Å². The Morgan fingerprint density at radius 2 is 2.12 bits per heavy atom. The molecule has 0 radical (unpaired) electrons. The summed E-state index contributed by atoms with van der Waals surface area (Å²) in [5.74, 6) is 0.510. The van der Waals surface area contributed by atoms with E-state index in [0.717, 1.165) is 17.5 Å². The molecule has 1 aliphatic rings. The van der Waals surface area contributed by atoms with Gasteiger partial charge >= 0.3 is 0 Å². The number of Topliss-reactive ketones (excluding diaryl/α,β-unsaturated/α-hetero) is 2. The first kappa shape index (κ1) is 11.1. The van der Waals surface area contributed by atoms with Crippen molar-refractivity contribution in [2.75, 3.05) is 0 Å². The van der Waals surface area contributed by atoms with Crippen molar-refractivity contribution in [2.45, 2.75) is 32.6 Å². The topological polar surface area (TPSA) is 34.1 Å². The van der Waals surface area contributed by atoms with Crippen molar-refractivity contribution in [3.05, 3.63) is 35.4 Å². The largest absolute Gasteiger partial charge is 0.300 e. The highest BCUT2D eigenvalue weighted by Crippen LogP contribution is 2.29. The summed E-state index contributed by atoms with van der Waals surface area (Å²) in [6.07, 6.45) is 2.64. The van der Waals surface area contributed by atoms with Crippen LogP contribution < -0.4 is 0 Å². The Hall–Kier alpha value is -1.44. The summed E-state index contributed by atoms with van der Waals surface area (Å²) < 4.78 is 0. The van der Waals surface area contributed by atoms with Crippen LogP contribution in [0.25, 0.3) is 0 Å². The van der Waals surface area contributed by atoms with Crippen LogP contribution in [0.2, 0.25) is 0 Å². The number of carbonyl (C=O) groups is 2. The first-order chi connectivity index (χ1) is 7.72. The average molecular weight is 216 g/mol. The van der Waals surface area contributed by atoms with Gasteiger partial charge in [0.05, 0.1) is 0 Å². The van der Waals surface area contributed by atoms with Gasteiger partial charge in [-0.05, 0) is 18.4 Å². The fraction of sp³-hybridized carbons (Fsp3) is 0.429. The second kappa shape index (κ2) is 4.60. The van der Waals surface area contributed by atoms with Crippen LogP contribution >= 0.6 is 0 Å². The molecule has 0 aromatic heterocycles. The van der Waals surface area contributed by atoms with E-state index in [2.05, 4.69) is 0 Å². The van der Waals surface area contributed by atoms with Crippen LogP contribution in [0.3, 0.4) is 0 Å². The smallest absolute Gasteiger partial charge is 0.166 e. The molecule has 2 rings (SSSR count). The summed E-state index contributed by atoms with van der Waals surface area (Å²) in [6, 6.07) is 7.76. The van der Waals surface area contributed by atoms with Gasteiger partial charge in [0.1, 0.15) is 5.78 Å². The third-order valence-corrected chi connectivity index (χ3v) is 3.29. The van der Waals surface area contributed by atoms with E-state index in [0.29, 0.717) is 19.3 Å². The highest BCUT2D eigenvalue weighted by Gasteiger charge is 2.29. The number of benzene rings is 1. The first-order valence-corrected chi connectivity index (χ1v) is 5.86. The highest BCUT2D eigenvalue weighted by atomic mass is 16.1. The molecule has 0 spiro atoms. The third kappa shape index (κ3) is 2.06. The molecule has 2 heteroatoms. The molecule has 0 aliphatic heterocycles. The fourth-order valence-electron chi connectivity index (χ4n) is 2.26. The normalized spacial score (nSPS) is 18.6. The molecule has 0 heterocycles. The molecule has 2 nitrogen and oxygen atoms in total. The van der Waals surface area contributed by atoms with E-state index < -0.39 is 0 Å². The van der Waals surface area contributed by atoms with Crippen LogP contribution in [0.4, 0.5) is 0 Å². The summed E-state index contributed by atoms with van der Waals surface area (Å²) in [5, 5.41) is 0. The van der Waals surface area contributed by atoms with Crippen LogP contribution in [0.5, 0.6) is 0 Å². The lowest BCUT2D eigenvalue weighted by Crippen LogP contribution is -2.11. The molecule has 1 aromatic carbocycles. The first-order valence-electron chi connectivity index (χ1n) is 5.86. The molecule has 1 unspecified atom stereocenters. The number of carbonyl (C=O) groups excluding carboxylic acids is 2. The molecule has 0 fully saturated rings. The third-order valence-electron chi connectivity index (χ3n) is 3.29. The Labute approximate surface area is 95.7 Å². The number of hydrogen-bond acceptors (Lipinski definition) is 2. The minimum Gasteiger partial charge on any atom is -0.300 e. The zero-order chi connectivity index (χ0) is 11.5. The summed E-state index contributed by atoms with van der Waals surface area (Å²) in [7, 11) is 0. The van der Waals surface area contributed by atoms with Gasteiger partial charge in [0.25, 0.3) is 0 Å². The van der Waals surface area contributed by atoms with E-state index in [1.807, 2.05) is 31.2 Å². The number of ketones is 2. The van der Waals surface area contributed by atoms with Crippen molar-refractivity contribution < 1.29 is 9.59 Å². The van der Waals surface area contributed by atoms with Crippen LogP contribution in [-0.2, 0) is 11.2 Å². The summed E-state index contributed by atoms with van der Waals surface area (Å²) >= 11 is 0. The SMILES string of the molecule is CCC(=O)CCC1Cc2ccccc2C1=O. The van der Waals surface area contributed by atoms with Gasteiger partial charge in [0, 0.05) is 24.3 Å². The van der Waals surface area contributed by atoms with Gasteiger partial charge in [0.2, 0.25) is 0 Å². The Balaban J connectivity index is 2.02. The molecule has 0 N–H and O–H groups in total. The van der Waals surface area contributed by atoms with Crippen molar-refractivity contribution in [3.63, 3.8) is 0 Å². The van der Waals surface area contributed by atoms with Crippen LogP contribution in [0, 0.1) is 5.92 Å². The van der Waals surface area contributed by atoms with Gasteiger partial charge in [-0.15, -0.1) is 0 Å².